The molecule has 4 heteroatoms. The molecule has 0 fully saturated rings. The zero-order chi connectivity index (χ0) is 25.0. The molecular weight excluding hydrogens is 459 g/mol. The fourth-order valence-electron chi connectivity index (χ4n) is 4.32. The van der Waals surface area contributed by atoms with E-state index in [-0.39, 0.29) is 0 Å². The third-order valence-electron chi connectivity index (χ3n) is 6.25. The van der Waals surface area contributed by atoms with E-state index in [0.29, 0.717) is 11.1 Å². The highest BCUT2D eigenvalue weighted by molar-refractivity contribution is 7.85. The first-order valence-corrected chi connectivity index (χ1v) is 13.2. The second-order valence-corrected chi connectivity index (χ2v) is 11.2. The average Bonchev–Trinajstić information content (AvgIpc) is 2.97. The van der Waals surface area contributed by atoms with Gasteiger partial charge in [0, 0.05) is 15.9 Å². The van der Waals surface area contributed by atoms with E-state index >= 15 is 0 Å². The van der Waals surface area contributed by atoms with Crippen LogP contribution >= 0.6 is 7.14 Å². The molecular formula is C32H21N2OP. The van der Waals surface area contributed by atoms with E-state index in [0.717, 1.165) is 38.2 Å². The minimum atomic E-state index is -3.12. The normalized spacial score (nSPS) is 12.2. The molecule has 0 aromatic heterocycles. The van der Waals surface area contributed by atoms with Gasteiger partial charge in [-0.2, -0.15) is 10.5 Å². The summed E-state index contributed by atoms with van der Waals surface area (Å²) >= 11 is 0. The molecule has 0 saturated heterocycles. The van der Waals surface area contributed by atoms with Crippen LogP contribution in [0.2, 0.25) is 0 Å². The van der Waals surface area contributed by atoms with Crippen molar-refractivity contribution in [2.45, 2.75) is 0 Å². The number of nitrogens with zero attached hydrogens (tertiary/aromatic N) is 2. The van der Waals surface area contributed by atoms with Crippen LogP contribution in [0.4, 0.5) is 0 Å². The van der Waals surface area contributed by atoms with Gasteiger partial charge in [-0.1, -0.05) is 103 Å². The first-order chi connectivity index (χ1) is 17.6. The predicted octanol–water partition coefficient (Wildman–Crippen LogP) is 6.40. The first-order valence-electron chi connectivity index (χ1n) is 11.5. The molecule has 0 radical (unpaired) electrons. The van der Waals surface area contributed by atoms with E-state index in [9.17, 15) is 9.83 Å². The lowest BCUT2D eigenvalue weighted by Gasteiger charge is -2.21. The summed E-state index contributed by atoms with van der Waals surface area (Å²) < 4.78 is 14.8. The van der Waals surface area contributed by atoms with E-state index in [1.807, 2.05) is 109 Å². The molecule has 0 bridgehead atoms. The SMILES string of the molecule is N#Cc1ccc(-c2ccc(P(=O)(c3ccccc3)c3ccc(-c4cccc(C#N)c4)cc3)cc2)cc1. The summed E-state index contributed by atoms with van der Waals surface area (Å²) in [6.45, 7) is 0. The smallest absolute Gasteiger partial charge is 0.171 e. The lowest BCUT2D eigenvalue weighted by molar-refractivity contribution is 0.592. The monoisotopic (exact) mass is 480 g/mol. The van der Waals surface area contributed by atoms with Crippen molar-refractivity contribution >= 4 is 23.1 Å². The summed E-state index contributed by atoms with van der Waals surface area (Å²) in [5, 5.41) is 20.6. The first kappa shape index (κ1) is 23.1. The Bertz CT molecular complexity index is 1640. The van der Waals surface area contributed by atoms with Crippen LogP contribution in [-0.4, -0.2) is 0 Å². The van der Waals surface area contributed by atoms with Crippen LogP contribution in [-0.2, 0) is 4.57 Å². The molecule has 0 aliphatic rings. The molecule has 0 heterocycles. The second kappa shape index (κ2) is 9.89. The Labute approximate surface area is 210 Å². The van der Waals surface area contributed by atoms with Gasteiger partial charge < -0.3 is 4.57 Å². The number of hydrogen-bond donors (Lipinski definition) is 0. The van der Waals surface area contributed by atoms with Crippen molar-refractivity contribution in [2.24, 2.45) is 0 Å². The Morgan fingerprint density at radius 1 is 0.444 bits per heavy atom. The van der Waals surface area contributed by atoms with E-state index in [2.05, 4.69) is 12.1 Å². The van der Waals surface area contributed by atoms with Crippen LogP contribution in [0.5, 0.6) is 0 Å². The van der Waals surface area contributed by atoms with Gasteiger partial charge in [0.05, 0.1) is 23.3 Å². The maximum atomic E-state index is 14.8. The molecule has 0 saturated carbocycles. The van der Waals surface area contributed by atoms with Crippen molar-refractivity contribution in [1.29, 1.82) is 10.5 Å². The average molecular weight is 481 g/mol. The molecule has 0 spiro atoms. The van der Waals surface area contributed by atoms with Crippen LogP contribution in [0.1, 0.15) is 11.1 Å². The Balaban J connectivity index is 1.56. The minimum Gasteiger partial charge on any atom is -0.309 e. The summed E-state index contributed by atoms with van der Waals surface area (Å²) in [4.78, 5) is 0. The Hall–Kier alpha value is -4.69. The van der Waals surface area contributed by atoms with Crippen molar-refractivity contribution in [1.82, 2.24) is 0 Å². The highest BCUT2D eigenvalue weighted by Crippen LogP contribution is 2.43. The molecule has 1 atom stereocenters. The molecule has 5 aromatic carbocycles. The Kier molecular flexibility index (Phi) is 6.34. The molecule has 0 aliphatic heterocycles. The molecule has 0 N–H and O–H groups in total. The van der Waals surface area contributed by atoms with Gasteiger partial charge in [0.2, 0.25) is 0 Å². The standard InChI is InChI=1S/C32H21N2OP/c33-22-24-9-11-26(12-10-24)27-13-17-31(18-14-27)36(35,30-7-2-1-3-8-30)32-19-15-28(16-20-32)29-6-4-5-25(21-29)23-34/h1-21H. The highest BCUT2D eigenvalue weighted by Gasteiger charge is 2.29. The number of rotatable bonds is 5. The second-order valence-electron chi connectivity index (χ2n) is 8.42. The van der Waals surface area contributed by atoms with Crippen LogP contribution in [0.3, 0.4) is 0 Å². The van der Waals surface area contributed by atoms with Crippen molar-refractivity contribution in [3.05, 3.63) is 139 Å². The van der Waals surface area contributed by atoms with Crippen molar-refractivity contribution in [2.75, 3.05) is 0 Å². The van der Waals surface area contributed by atoms with Gasteiger partial charge in [-0.15, -0.1) is 0 Å². The lowest BCUT2D eigenvalue weighted by atomic mass is 10.0. The molecule has 0 aliphatic carbocycles. The van der Waals surface area contributed by atoms with Gasteiger partial charge in [0.25, 0.3) is 0 Å². The number of benzene rings is 5. The topological polar surface area (TPSA) is 64.7 Å². The molecule has 1 unspecified atom stereocenters. The third kappa shape index (κ3) is 4.37. The van der Waals surface area contributed by atoms with E-state index in [1.165, 1.54) is 0 Å². The predicted molar refractivity (Wildman–Crippen MR) is 146 cm³/mol. The highest BCUT2D eigenvalue weighted by atomic mass is 31.2. The third-order valence-corrected chi connectivity index (χ3v) is 9.33. The largest absolute Gasteiger partial charge is 0.309 e. The van der Waals surface area contributed by atoms with E-state index in [4.69, 9.17) is 5.26 Å². The summed E-state index contributed by atoms with van der Waals surface area (Å²) in [6.07, 6.45) is 0. The summed E-state index contributed by atoms with van der Waals surface area (Å²) in [5.41, 5.74) is 5.13. The number of hydrogen-bond acceptors (Lipinski definition) is 3. The van der Waals surface area contributed by atoms with Crippen molar-refractivity contribution in [3.63, 3.8) is 0 Å². The molecule has 0 amide bonds. The van der Waals surface area contributed by atoms with Gasteiger partial charge in [-0.05, 0) is 46.5 Å². The van der Waals surface area contributed by atoms with Gasteiger partial charge in [-0.25, -0.2) is 0 Å². The van der Waals surface area contributed by atoms with Gasteiger partial charge >= 0.3 is 0 Å². The van der Waals surface area contributed by atoms with Crippen LogP contribution in [0.15, 0.2) is 127 Å². The fourth-order valence-corrected chi connectivity index (χ4v) is 6.94. The quantitative estimate of drug-likeness (QED) is 0.273. The van der Waals surface area contributed by atoms with Gasteiger partial charge in [0.15, 0.2) is 7.14 Å². The maximum absolute atomic E-state index is 14.8. The Morgan fingerprint density at radius 2 is 0.917 bits per heavy atom. The molecule has 170 valence electrons. The molecule has 5 aromatic rings. The van der Waals surface area contributed by atoms with Crippen LogP contribution < -0.4 is 15.9 Å². The maximum Gasteiger partial charge on any atom is 0.171 e. The summed E-state index contributed by atoms with van der Waals surface area (Å²) in [5.74, 6) is 0. The van der Waals surface area contributed by atoms with Gasteiger partial charge in [0.1, 0.15) is 0 Å². The molecule has 3 nitrogen and oxygen atoms in total. The van der Waals surface area contributed by atoms with Crippen molar-refractivity contribution < 1.29 is 4.57 Å². The van der Waals surface area contributed by atoms with Gasteiger partial charge in [-0.3, -0.25) is 0 Å². The van der Waals surface area contributed by atoms with Crippen molar-refractivity contribution in [3.8, 4) is 34.4 Å². The summed E-state index contributed by atoms with van der Waals surface area (Å²) in [7, 11) is -3.12. The number of nitriles is 2. The molecule has 5 rings (SSSR count). The molecule has 36 heavy (non-hydrogen) atoms. The zero-order valence-corrected chi connectivity index (χ0v) is 20.3. The van der Waals surface area contributed by atoms with Crippen LogP contribution in [0.25, 0.3) is 22.3 Å². The lowest BCUT2D eigenvalue weighted by Crippen LogP contribution is -2.24. The summed E-state index contributed by atoms with van der Waals surface area (Å²) in [6, 6.07) is 44.4. The van der Waals surface area contributed by atoms with Crippen LogP contribution in [0, 0.1) is 22.7 Å². The fraction of sp³-hybridized carbons (Fsp3) is 0. The van der Waals surface area contributed by atoms with E-state index < -0.39 is 7.14 Å². The Morgan fingerprint density at radius 3 is 1.44 bits per heavy atom. The van der Waals surface area contributed by atoms with E-state index in [1.54, 1.807) is 18.2 Å². The minimum absolute atomic E-state index is 0.605. The zero-order valence-electron chi connectivity index (χ0n) is 19.4.